The Bertz CT molecular complexity index is 404. The summed E-state index contributed by atoms with van der Waals surface area (Å²) in [5, 5.41) is 0. The fourth-order valence-electron chi connectivity index (χ4n) is 2.15. The summed E-state index contributed by atoms with van der Waals surface area (Å²) in [6.07, 6.45) is 0.155. The fraction of sp³-hybridized carbons (Fsp3) is 0.500. The first-order valence-corrected chi connectivity index (χ1v) is 5.64. The van der Waals surface area contributed by atoms with Gasteiger partial charge in [-0.1, -0.05) is 0 Å². The van der Waals surface area contributed by atoms with E-state index in [4.69, 9.17) is 10.5 Å². The van der Waals surface area contributed by atoms with Crippen LogP contribution in [0.5, 0.6) is 5.75 Å². The first kappa shape index (κ1) is 12.0. The lowest BCUT2D eigenvalue weighted by molar-refractivity contribution is 0.276. The van der Waals surface area contributed by atoms with Gasteiger partial charge in [0, 0.05) is 25.2 Å². The Kier molecular flexibility index (Phi) is 3.36. The highest BCUT2D eigenvalue weighted by Crippen LogP contribution is 2.36. The molecule has 0 aliphatic carbocycles. The van der Waals surface area contributed by atoms with Crippen LogP contribution >= 0.6 is 0 Å². The minimum absolute atomic E-state index is 0.268. The Labute approximate surface area is 99.2 Å². The Balaban J connectivity index is 2.30. The van der Waals surface area contributed by atoms with Crippen LogP contribution in [0.4, 0.5) is 20.2 Å². The third-order valence-corrected chi connectivity index (χ3v) is 3.03. The predicted molar refractivity (Wildman–Crippen MR) is 63.7 cm³/mol. The number of alkyl halides is 1. The van der Waals surface area contributed by atoms with Crippen LogP contribution in [0, 0.1) is 5.82 Å². The molecule has 5 heteroatoms. The second kappa shape index (κ2) is 4.77. The molecular formula is C12H16F2N2O. The molecule has 1 aliphatic heterocycles. The van der Waals surface area contributed by atoms with Crippen molar-refractivity contribution in [1.82, 2.24) is 0 Å². The van der Waals surface area contributed by atoms with Crippen molar-refractivity contribution in [3.63, 3.8) is 0 Å². The molecule has 0 radical (unpaired) electrons. The first-order valence-electron chi connectivity index (χ1n) is 5.64. The van der Waals surface area contributed by atoms with E-state index in [0.29, 0.717) is 37.4 Å². The maximum absolute atomic E-state index is 13.3. The molecule has 1 aromatic rings. The van der Waals surface area contributed by atoms with E-state index in [1.165, 1.54) is 19.2 Å². The molecule has 0 bridgehead atoms. The second-order valence-electron chi connectivity index (χ2n) is 4.21. The smallest absolute Gasteiger partial charge is 0.165 e. The second-order valence-corrected chi connectivity index (χ2v) is 4.21. The third-order valence-electron chi connectivity index (χ3n) is 3.03. The topological polar surface area (TPSA) is 38.5 Å². The van der Waals surface area contributed by atoms with Gasteiger partial charge in [0.1, 0.15) is 12.0 Å². The average Bonchev–Trinajstić information content (AvgIpc) is 2.29. The van der Waals surface area contributed by atoms with Gasteiger partial charge in [0.25, 0.3) is 0 Å². The highest BCUT2D eigenvalue weighted by atomic mass is 19.1. The number of piperidine rings is 1. The van der Waals surface area contributed by atoms with Crippen LogP contribution in [0.25, 0.3) is 0 Å². The van der Waals surface area contributed by atoms with Crippen LogP contribution in [0.2, 0.25) is 0 Å². The van der Waals surface area contributed by atoms with E-state index in [1.807, 2.05) is 4.90 Å². The predicted octanol–water partition coefficient (Wildman–Crippen LogP) is 2.35. The fourth-order valence-corrected chi connectivity index (χ4v) is 2.15. The van der Waals surface area contributed by atoms with Gasteiger partial charge in [-0.3, -0.25) is 0 Å². The Morgan fingerprint density at radius 1 is 1.35 bits per heavy atom. The van der Waals surface area contributed by atoms with Crippen molar-refractivity contribution in [1.29, 1.82) is 0 Å². The molecule has 0 amide bonds. The molecule has 1 saturated heterocycles. The number of rotatable bonds is 2. The minimum Gasteiger partial charge on any atom is -0.492 e. The average molecular weight is 242 g/mol. The molecule has 3 nitrogen and oxygen atoms in total. The van der Waals surface area contributed by atoms with Gasteiger partial charge in [-0.05, 0) is 12.8 Å². The zero-order valence-corrected chi connectivity index (χ0v) is 9.75. The normalized spacial score (nSPS) is 17.2. The summed E-state index contributed by atoms with van der Waals surface area (Å²) in [6, 6.07) is 2.61. The maximum Gasteiger partial charge on any atom is 0.165 e. The SMILES string of the molecule is COc1c(N)cc(F)cc1N1CCC(F)CC1. The van der Waals surface area contributed by atoms with Crippen molar-refractivity contribution in [3.8, 4) is 5.75 Å². The Morgan fingerprint density at radius 2 is 2.00 bits per heavy atom. The number of hydrogen-bond acceptors (Lipinski definition) is 3. The van der Waals surface area contributed by atoms with Crippen LogP contribution in [0.3, 0.4) is 0 Å². The summed E-state index contributed by atoms with van der Waals surface area (Å²) in [6.45, 7) is 1.11. The van der Waals surface area contributed by atoms with Gasteiger partial charge in [0.2, 0.25) is 0 Å². The number of anilines is 2. The number of ether oxygens (including phenoxy) is 1. The first-order chi connectivity index (χ1) is 8.11. The summed E-state index contributed by atoms with van der Waals surface area (Å²) in [4.78, 5) is 1.91. The van der Waals surface area contributed by atoms with Gasteiger partial charge >= 0.3 is 0 Å². The molecule has 1 fully saturated rings. The number of halogens is 2. The lowest BCUT2D eigenvalue weighted by Gasteiger charge is -2.31. The van der Waals surface area contributed by atoms with Gasteiger partial charge in [0.15, 0.2) is 5.75 Å². The van der Waals surface area contributed by atoms with Crippen LogP contribution < -0.4 is 15.4 Å². The van der Waals surface area contributed by atoms with E-state index >= 15 is 0 Å². The standard InChI is InChI=1S/C12H16F2N2O/c1-17-12-10(15)6-9(14)7-11(12)16-4-2-8(13)3-5-16/h6-8H,2-5,15H2,1H3. The van der Waals surface area contributed by atoms with Crippen molar-refractivity contribution in [3.05, 3.63) is 17.9 Å². The van der Waals surface area contributed by atoms with E-state index in [1.54, 1.807) is 0 Å². The van der Waals surface area contributed by atoms with Gasteiger partial charge in [-0.25, -0.2) is 8.78 Å². The van der Waals surface area contributed by atoms with Crippen LogP contribution in [0.1, 0.15) is 12.8 Å². The zero-order chi connectivity index (χ0) is 12.4. The quantitative estimate of drug-likeness (QED) is 0.809. The van der Waals surface area contributed by atoms with Crippen molar-refractivity contribution < 1.29 is 13.5 Å². The molecule has 0 saturated carbocycles. The zero-order valence-electron chi connectivity index (χ0n) is 9.75. The molecule has 94 valence electrons. The van der Waals surface area contributed by atoms with E-state index in [9.17, 15) is 8.78 Å². The van der Waals surface area contributed by atoms with Gasteiger partial charge in [-0.2, -0.15) is 0 Å². The van der Waals surface area contributed by atoms with Crippen molar-refractivity contribution in [2.24, 2.45) is 0 Å². The molecule has 0 atom stereocenters. The Hall–Kier alpha value is -1.52. The summed E-state index contributed by atoms with van der Waals surface area (Å²) < 4.78 is 31.6. The number of methoxy groups -OCH3 is 1. The molecule has 0 unspecified atom stereocenters. The van der Waals surface area contributed by atoms with Crippen molar-refractivity contribution in [2.45, 2.75) is 19.0 Å². The van der Waals surface area contributed by atoms with E-state index in [2.05, 4.69) is 0 Å². The summed E-state index contributed by atoms with van der Waals surface area (Å²) in [7, 11) is 1.50. The lowest BCUT2D eigenvalue weighted by atomic mass is 10.1. The number of benzene rings is 1. The summed E-state index contributed by atoms with van der Waals surface area (Å²) in [5.74, 6) is 0.0596. The molecule has 17 heavy (non-hydrogen) atoms. The molecule has 1 aliphatic rings. The van der Waals surface area contributed by atoms with E-state index in [0.717, 1.165) is 0 Å². The summed E-state index contributed by atoms with van der Waals surface area (Å²) >= 11 is 0. The van der Waals surface area contributed by atoms with Gasteiger partial charge < -0.3 is 15.4 Å². The van der Waals surface area contributed by atoms with Gasteiger partial charge in [0.05, 0.1) is 18.5 Å². The number of nitrogens with two attached hydrogens (primary N) is 1. The van der Waals surface area contributed by atoms with E-state index in [-0.39, 0.29) is 5.69 Å². The molecule has 0 aromatic heterocycles. The van der Waals surface area contributed by atoms with Crippen LogP contribution in [-0.2, 0) is 0 Å². The van der Waals surface area contributed by atoms with E-state index < -0.39 is 12.0 Å². The molecular weight excluding hydrogens is 226 g/mol. The summed E-state index contributed by atoms with van der Waals surface area (Å²) in [5.41, 5.74) is 6.58. The molecule has 1 heterocycles. The monoisotopic (exact) mass is 242 g/mol. The number of nitrogen functional groups attached to an aromatic ring is 1. The minimum atomic E-state index is -0.761. The van der Waals surface area contributed by atoms with Crippen LogP contribution in [0.15, 0.2) is 12.1 Å². The molecule has 2 rings (SSSR count). The third kappa shape index (κ3) is 2.43. The van der Waals surface area contributed by atoms with Crippen molar-refractivity contribution in [2.75, 3.05) is 30.8 Å². The van der Waals surface area contributed by atoms with Gasteiger partial charge in [-0.15, -0.1) is 0 Å². The Morgan fingerprint density at radius 3 is 2.59 bits per heavy atom. The highest BCUT2D eigenvalue weighted by Gasteiger charge is 2.22. The number of nitrogens with zero attached hydrogens (tertiary/aromatic N) is 1. The van der Waals surface area contributed by atoms with Crippen molar-refractivity contribution >= 4 is 11.4 Å². The molecule has 1 aromatic carbocycles. The largest absolute Gasteiger partial charge is 0.492 e. The number of hydrogen-bond donors (Lipinski definition) is 1. The van der Waals surface area contributed by atoms with Crippen LogP contribution in [-0.4, -0.2) is 26.4 Å². The lowest BCUT2D eigenvalue weighted by Crippen LogP contribution is -2.34. The highest BCUT2D eigenvalue weighted by molar-refractivity contribution is 5.70. The molecule has 0 spiro atoms. The molecule has 2 N–H and O–H groups in total. The maximum atomic E-state index is 13.3.